The molecule has 0 radical (unpaired) electrons. The fourth-order valence-corrected chi connectivity index (χ4v) is 8.00. The molecule has 8 atom stereocenters. The van der Waals surface area contributed by atoms with Crippen LogP contribution >= 0.6 is 0 Å². The number of rotatable bonds is 8. The van der Waals surface area contributed by atoms with Crippen LogP contribution in [0.15, 0.2) is 12.1 Å². The molecule has 2 saturated carbocycles. The number of carboxylic acids is 1. The number of benzene rings is 1. The fourth-order valence-electron chi connectivity index (χ4n) is 8.00. The molecule has 0 amide bonds. The largest absolute Gasteiger partial charge is 0.504 e. The number of phenols is 1. The summed E-state index contributed by atoms with van der Waals surface area (Å²) in [5, 5.41) is 24.2. The average molecular weight is 471 g/mol. The molecule has 3 fully saturated rings. The van der Waals surface area contributed by atoms with Crippen molar-refractivity contribution in [2.24, 2.45) is 17.8 Å². The summed E-state index contributed by atoms with van der Waals surface area (Å²) in [5.74, 6) is 1.48. The van der Waals surface area contributed by atoms with Gasteiger partial charge in [0.05, 0.1) is 6.10 Å². The Bertz CT molecular complexity index is 982. The van der Waals surface area contributed by atoms with Crippen LogP contribution in [0.1, 0.15) is 57.1 Å². The van der Waals surface area contributed by atoms with Gasteiger partial charge in [0.1, 0.15) is 12.1 Å². The molecule has 5 aliphatic rings. The highest BCUT2D eigenvalue weighted by atomic mass is 16.5. The molecule has 3 aliphatic carbocycles. The molecule has 2 aliphatic heterocycles. The number of methoxy groups -OCH3 is 1. The van der Waals surface area contributed by atoms with Crippen LogP contribution in [-0.2, 0) is 21.4 Å². The summed E-state index contributed by atoms with van der Waals surface area (Å²) >= 11 is 0. The number of hydrogen-bond donors (Lipinski definition) is 3. The van der Waals surface area contributed by atoms with E-state index in [1.54, 1.807) is 6.07 Å². The predicted molar refractivity (Wildman–Crippen MR) is 127 cm³/mol. The summed E-state index contributed by atoms with van der Waals surface area (Å²) in [4.78, 5) is 14.8. The van der Waals surface area contributed by atoms with Gasteiger partial charge in [0.15, 0.2) is 11.5 Å². The van der Waals surface area contributed by atoms with E-state index >= 15 is 0 Å². The van der Waals surface area contributed by atoms with Crippen LogP contribution in [0.2, 0.25) is 0 Å². The fraction of sp³-hybridized carbons (Fsp3) is 0.741. The number of nitrogens with one attached hydrogen (secondary N) is 1. The zero-order valence-corrected chi connectivity index (χ0v) is 20.5. The smallest absolute Gasteiger partial charge is 0.320 e. The summed E-state index contributed by atoms with van der Waals surface area (Å²) in [6, 6.07) is 3.72. The Morgan fingerprint density at radius 1 is 1.35 bits per heavy atom. The molecule has 2 heterocycles. The molecule has 186 valence electrons. The Hall–Kier alpha value is -1.83. The van der Waals surface area contributed by atoms with Crippen molar-refractivity contribution < 1.29 is 24.5 Å². The van der Waals surface area contributed by atoms with E-state index in [1.807, 2.05) is 7.11 Å². The van der Waals surface area contributed by atoms with Crippen molar-refractivity contribution >= 4 is 5.97 Å². The standard InChI is InChI=1S/C27H38N2O5/c1-14(2)10-19(26(31)32)28-18-6-5-17-20-11-15-4-7-21(30)24-23(15)27(17,25(18)34-24)8-9-29(20)13-16-12-22(16)33-3/h4,7,14,16-20,22,25,28,30H,5-6,8-13H2,1-3H3,(H,31,32)/t16?,17-,18+,19-,20+,22?,25-,27-/m0/s1. The predicted octanol–water partition coefficient (Wildman–Crippen LogP) is 2.92. The molecule has 1 spiro atoms. The minimum Gasteiger partial charge on any atom is -0.504 e. The number of aliphatic carboxylic acids is 1. The molecule has 34 heavy (non-hydrogen) atoms. The third kappa shape index (κ3) is 3.30. The van der Waals surface area contributed by atoms with Gasteiger partial charge in [0.2, 0.25) is 0 Å². The number of carboxylic acid groups (broad SMARTS) is 1. The number of phenolic OH excluding ortho intramolecular Hbond substituents is 1. The Labute approximate surface area is 201 Å². The number of likely N-dealkylation sites (tertiary alicyclic amines) is 1. The number of nitrogens with zero attached hydrogens (tertiary/aromatic N) is 1. The first-order valence-electron chi connectivity index (χ1n) is 13.1. The summed E-state index contributed by atoms with van der Waals surface area (Å²) < 4.78 is 12.2. The van der Waals surface area contributed by atoms with Gasteiger partial charge < -0.3 is 19.7 Å². The lowest BCUT2D eigenvalue weighted by atomic mass is 9.51. The lowest BCUT2D eigenvalue weighted by Gasteiger charge is -2.60. The third-order valence-electron chi connectivity index (χ3n) is 9.48. The maximum atomic E-state index is 12.1. The third-order valence-corrected chi connectivity index (χ3v) is 9.48. The van der Waals surface area contributed by atoms with E-state index in [0.29, 0.717) is 42.1 Å². The van der Waals surface area contributed by atoms with E-state index in [1.165, 1.54) is 11.1 Å². The number of carbonyl (C=O) groups is 1. The molecule has 1 saturated heterocycles. The summed E-state index contributed by atoms with van der Waals surface area (Å²) in [5.41, 5.74) is 2.38. The SMILES string of the molecule is COC1CC1CN1CC[C@]23c4c5ccc(O)c4O[C@H]2[C@H](N[C@@H](CC(C)C)C(=O)O)CC[C@H]3[C@H]1C5. The van der Waals surface area contributed by atoms with Crippen LogP contribution in [-0.4, -0.2) is 71.6 Å². The van der Waals surface area contributed by atoms with Crippen LogP contribution in [0.25, 0.3) is 0 Å². The minimum absolute atomic E-state index is 0.0395. The molecule has 0 aromatic heterocycles. The molecule has 3 N–H and O–H groups in total. The van der Waals surface area contributed by atoms with Crippen LogP contribution in [0.4, 0.5) is 0 Å². The van der Waals surface area contributed by atoms with E-state index in [2.05, 4.69) is 30.1 Å². The number of aromatic hydroxyl groups is 1. The van der Waals surface area contributed by atoms with Gasteiger partial charge >= 0.3 is 5.97 Å². The van der Waals surface area contributed by atoms with E-state index < -0.39 is 12.0 Å². The molecule has 2 unspecified atom stereocenters. The molecule has 7 heteroatoms. The van der Waals surface area contributed by atoms with Crippen molar-refractivity contribution in [2.75, 3.05) is 20.2 Å². The first kappa shape index (κ1) is 22.6. The second-order valence-electron chi connectivity index (χ2n) is 11.8. The highest BCUT2D eigenvalue weighted by molar-refractivity contribution is 5.73. The Kier molecular flexibility index (Phi) is 5.39. The Balaban J connectivity index is 1.34. The Morgan fingerprint density at radius 3 is 2.88 bits per heavy atom. The maximum absolute atomic E-state index is 12.1. The second-order valence-corrected chi connectivity index (χ2v) is 11.8. The molecule has 7 nitrogen and oxygen atoms in total. The van der Waals surface area contributed by atoms with Crippen molar-refractivity contribution in [3.8, 4) is 11.5 Å². The number of hydrogen-bond acceptors (Lipinski definition) is 6. The van der Waals surface area contributed by atoms with Crippen molar-refractivity contribution in [3.63, 3.8) is 0 Å². The Morgan fingerprint density at radius 2 is 2.18 bits per heavy atom. The lowest BCUT2D eigenvalue weighted by molar-refractivity contribution is -0.141. The van der Waals surface area contributed by atoms with E-state index in [0.717, 1.165) is 45.2 Å². The van der Waals surface area contributed by atoms with Crippen LogP contribution in [0, 0.1) is 17.8 Å². The summed E-state index contributed by atoms with van der Waals surface area (Å²) in [6.07, 6.45) is 5.97. The molecule has 1 aromatic carbocycles. The van der Waals surface area contributed by atoms with Gasteiger partial charge in [-0.1, -0.05) is 19.9 Å². The summed E-state index contributed by atoms with van der Waals surface area (Å²) in [6.45, 7) is 6.24. The van der Waals surface area contributed by atoms with Crippen molar-refractivity contribution in [2.45, 2.75) is 88.1 Å². The van der Waals surface area contributed by atoms with Crippen molar-refractivity contribution in [1.82, 2.24) is 10.2 Å². The van der Waals surface area contributed by atoms with Crippen LogP contribution in [0.3, 0.4) is 0 Å². The lowest BCUT2D eigenvalue weighted by Crippen LogP contribution is -2.69. The van der Waals surface area contributed by atoms with Crippen LogP contribution in [0.5, 0.6) is 11.5 Å². The molecule has 2 bridgehead atoms. The van der Waals surface area contributed by atoms with Gasteiger partial charge in [-0.25, -0.2) is 0 Å². The van der Waals surface area contributed by atoms with Gasteiger partial charge in [0.25, 0.3) is 0 Å². The normalized spacial score (nSPS) is 38.4. The monoisotopic (exact) mass is 470 g/mol. The first-order chi connectivity index (χ1) is 16.3. The number of piperidine rings is 1. The van der Waals surface area contributed by atoms with Gasteiger partial charge in [0, 0.05) is 42.6 Å². The zero-order valence-electron chi connectivity index (χ0n) is 20.5. The molecule has 1 aromatic rings. The van der Waals surface area contributed by atoms with Crippen LogP contribution < -0.4 is 10.1 Å². The minimum atomic E-state index is -0.791. The van der Waals surface area contributed by atoms with E-state index in [4.69, 9.17) is 9.47 Å². The molecular formula is C27H38N2O5. The van der Waals surface area contributed by atoms with Gasteiger partial charge in [-0.3, -0.25) is 15.0 Å². The average Bonchev–Trinajstić information content (AvgIpc) is 3.46. The zero-order chi connectivity index (χ0) is 23.8. The molecule has 6 rings (SSSR count). The topological polar surface area (TPSA) is 91.3 Å². The molecular weight excluding hydrogens is 432 g/mol. The second kappa shape index (κ2) is 8.10. The van der Waals surface area contributed by atoms with Crippen molar-refractivity contribution in [3.05, 3.63) is 23.3 Å². The highest BCUT2D eigenvalue weighted by Gasteiger charge is 2.66. The highest BCUT2D eigenvalue weighted by Crippen LogP contribution is 2.64. The van der Waals surface area contributed by atoms with E-state index in [9.17, 15) is 15.0 Å². The summed E-state index contributed by atoms with van der Waals surface area (Å²) in [7, 11) is 1.82. The van der Waals surface area contributed by atoms with Gasteiger partial charge in [-0.2, -0.15) is 0 Å². The maximum Gasteiger partial charge on any atom is 0.320 e. The number of ether oxygens (including phenoxy) is 2. The first-order valence-corrected chi connectivity index (χ1v) is 13.1. The van der Waals surface area contributed by atoms with Gasteiger partial charge in [-0.15, -0.1) is 0 Å². The van der Waals surface area contributed by atoms with Gasteiger partial charge in [-0.05, 0) is 68.5 Å². The van der Waals surface area contributed by atoms with E-state index in [-0.39, 0.29) is 23.3 Å². The van der Waals surface area contributed by atoms with Crippen molar-refractivity contribution in [1.29, 1.82) is 0 Å². The quantitative estimate of drug-likeness (QED) is 0.538.